The van der Waals surface area contributed by atoms with Gasteiger partial charge in [0.1, 0.15) is 5.75 Å². The van der Waals surface area contributed by atoms with Crippen LogP contribution in [-0.4, -0.2) is 39.1 Å². The van der Waals surface area contributed by atoms with Gasteiger partial charge in [-0.2, -0.15) is 8.78 Å². The van der Waals surface area contributed by atoms with Crippen LogP contribution in [0.3, 0.4) is 0 Å². The molecule has 0 N–H and O–H groups in total. The molecule has 0 saturated heterocycles. The first-order chi connectivity index (χ1) is 12.1. The first-order valence-electron chi connectivity index (χ1n) is 7.71. The number of carbonyl (C=O) groups excluding carboxylic acids is 1. The molecule has 1 amide bonds. The van der Waals surface area contributed by atoms with Crippen LogP contribution in [0.2, 0.25) is 0 Å². The Morgan fingerprint density at radius 3 is 2.27 bits per heavy atom. The lowest BCUT2D eigenvalue weighted by Crippen LogP contribution is -2.29. The topological polar surface area (TPSA) is 63.7 Å². The van der Waals surface area contributed by atoms with Crippen molar-refractivity contribution in [1.82, 2.24) is 4.90 Å². The van der Waals surface area contributed by atoms with Crippen LogP contribution in [0.1, 0.15) is 28.9 Å². The number of carbonyl (C=O) groups is 1. The third-order valence-corrected chi connectivity index (χ3v) is 5.13. The summed E-state index contributed by atoms with van der Waals surface area (Å²) in [4.78, 5) is 14.2. The van der Waals surface area contributed by atoms with Crippen LogP contribution in [0.25, 0.3) is 0 Å². The van der Waals surface area contributed by atoms with Gasteiger partial charge in [-0.25, -0.2) is 8.42 Å². The Hall–Kier alpha value is -2.48. The predicted molar refractivity (Wildman–Crippen MR) is 93.1 cm³/mol. The fraction of sp³-hybridized carbons (Fsp3) is 0.278. The molecule has 2 aromatic carbocycles. The number of rotatable bonds is 6. The average Bonchev–Trinajstić information content (AvgIpc) is 2.59. The molecule has 0 aliphatic rings. The zero-order valence-corrected chi connectivity index (χ0v) is 15.3. The van der Waals surface area contributed by atoms with Crippen molar-refractivity contribution in [2.45, 2.75) is 24.5 Å². The fourth-order valence-electron chi connectivity index (χ4n) is 2.40. The van der Waals surface area contributed by atoms with Crippen molar-refractivity contribution in [1.29, 1.82) is 0 Å². The standard InChI is InChI=1S/C18H19F2NO4S/c1-12(13-7-9-16(10-8-13)26(3,23)24)21(2)17(22)14-5-4-6-15(11-14)25-18(19)20/h4-12,18H,1-3H3. The molecule has 1 unspecified atom stereocenters. The van der Waals surface area contributed by atoms with Gasteiger partial charge in [-0.05, 0) is 42.8 Å². The number of amides is 1. The van der Waals surface area contributed by atoms with Gasteiger partial charge in [0, 0.05) is 18.9 Å². The second kappa shape index (κ2) is 7.82. The smallest absolute Gasteiger partial charge is 0.387 e. The molecule has 26 heavy (non-hydrogen) atoms. The number of hydrogen-bond acceptors (Lipinski definition) is 4. The van der Waals surface area contributed by atoms with Gasteiger partial charge in [-0.3, -0.25) is 4.79 Å². The molecule has 2 aromatic rings. The lowest BCUT2D eigenvalue weighted by atomic mass is 10.1. The van der Waals surface area contributed by atoms with E-state index >= 15 is 0 Å². The highest BCUT2D eigenvalue weighted by Crippen LogP contribution is 2.24. The molecule has 0 spiro atoms. The number of ether oxygens (including phenoxy) is 1. The Morgan fingerprint density at radius 2 is 1.73 bits per heavy atom. The minimum Gasteiger partial charge on any atom is -0.435 e. The first-order valence-corrected chi connectivity index (χ1v) is 9.61. The van der Waals surface area contributed by atoms with Crippen molar-refractivity contribution >= 4 is 15.7 Å². The van der Waals surface area contributed by atoms with E-state index in [9.17, 15) is 22.0 Å². The van der Waals surface area contributed by atoms with Gasteiger partial charge in [-0.1, -0.05) is 18.2 Å². The van der Waals surface area contributed by atoms with Crippen molar-refractivity contribution in [3.63, 3.8) is 0 Å². The Morgan fingerprint density at radius 1 is 1.12 bits per heavy atom. The van der Waals surface area contributed by atoms with Gasteiger partial charge < -0.3 is 9.64 Å². The summed E-state index contributed by atoms with van der Waals surface area (Å²) >= 11 is 0. The van der Waals surface area contributed by atoms with Crippen LogP contribution in [0.4, 0.5) is 8.78 Å². The molecule has 0 fully saturated rings. The molecule has 0 aromatic heterocycles. The Bertz CT molecular complexity index is 882. The molecule has 0 aliphatic heterocycles. The SMILES string of the molecule is CC(c1ccc(S(C)(=O)=O)cc1)N(C)C(=O)c1cccc(OC(F)F)c1. The summed E-state index contributed by atoms with van der Waals surface area (Å²) in [6.07, 6.45) is 1.12. The monoisotopic (exact) mass is 383 g/mol. The average molecular weight is 383 g/mol. The molecule has 0 heterocycles. The molecule has 0 aliphatic carbocycles. The van der Waals surface area contributed by atoms with E-state index in [1.54, 1.807) is 26.1 Å². The fourth-order valence-corrected chi connectivity index (χ4v) is 3.03. The number of nitrogens with zero attached hydrogens (tertiary/aromatic N) is 1. The molecule has 0 radical (unpaired) electrons. The van der Waals surface area contributed by atoms with Gasteiger partial charge in [0.25, 0.3) is 5.91 Å². The third-order valence-electron chi connectivity index (χ3n) is 4.00. The van der Waals surface area contributed by atoms with Crippen LogP contribution in [0.15, 0.2) is 53.4 Å². The van der Waals surface area contributed by atoms with Crippen molar-refractivity contribution in [3.8, 4) is 5.75 Å². The molecular weight excluding hydrogens is 364 g/mol. The summed E-state index contributed by atoms with van der Waals surface area (Å²) in [6, 6.07) is 11.5. The highest BCUT2D eigenvalue weighted by atomic mass is 32.2. The molecule has 0 saturated carbocycles. The lowest BCUT2D eigenvalue weighted by Gasteiger charge is -2.25. The van der Waals surface area contributed by atoms with E-state index in [4.69, 9.17) is 0 Å². The van der Waals surface area contributed by atoms with E-state index in [0.717, 1.165) is 11.8 Å². The Labute approximate surface area is 151 Å². The van der Waals surface area contributed by atoms with Crippen LogP contribution >= 0.6 is 0 Å². The maximum Gasteiger partial charge on any atom is 0.387 e. The number of halogens is 2. The third kappa shape index (κ3) is 4.78. The Kier molecular flexibility index (Phi) is 5.97. The summed E-state index contributed by atoms with van der Waals surface area (Å²) in [5, 5.41) is 0. The zero-order valence-electron chi connectivity index (χ0n) is 14.5. The van der Waals surface area contributed by atoms with Crippen LogP contribution < -0.4 is 4.74 Å². The highest BCUT2D eigenvalue weighted by Gasteiger charge is 2.20. The van der Waals surface area contributed by atoms with E-state index in [-0.39, 0.29) is 28.2 Å². The first kappa shape index (κ1) is 19.8. The van der Waals surface area contributed by atoms with E-state index in [1.807, 2.05) is 0 Å². The summed E-state index contributed by atoms with van der Waals surface area (Å²) in [5.74, 6) is -0.464. The number of benzene rings is 2. The number of hydrogen-bond donors (Lipinski definition) is 0. The molecule has 8 heteroatoms. The van der Waals surface area contributed by atoms with Crippen molar-refractivity contribution in [3.05, 3.63) is 59.7 Å². The summed E-state index contributed by atoms with van der Waals surface area (Å²) in [7, 11) is -1.71. The highest BCUT2D eigenvalue weighted by molar-refractivity contribution is 7.90. The second-order valence-corrected chi connectivity index (χ2v) is 7.86. The molecule has 0 bridgehead atoms. The molecule has 2 rings (SSSR count). The largest absolute Gasteiger partial charge is 0.435 e. The number of sulfone groups is 1. The van der Waals surface area contributed by atoms with E-state index < -0.39 is 16.4 Å². The zero-order chi connectivity index (χ0) is 19.5. The normalized spacial score (nSPS) is 12.7. The molecule has 140 valence electrons. The summed E-state index contributed by atoms with van der Waals surface area (Å²) in [5.41, 5.74) is 0.957. The molecule has 5 nitrogen and oxygen atoms in total. The van der Waals surface area contributed by atoms with Crippen LogP contribution in [0.5, 0.6) is 5.75 Å². The summed E-state index contributed by atoms with van der Waals surface area (Å²) < 4.78 is 52.0. The lowest BCUT2D eigenvalue weighted by molar-refractivity contribution is -0.0499. The molecular formula is C18H19F2NO4S. The predicted octanol–water partition coefficient (Wildman–Crippen LogP) is 3.52. The number of alkyl halides is 2. The quantitative estimate of drug-likeness (QED) is 0.766. The second-order valence-electron chi connectivity index (χ2n) is 5.84. The van der Waals surface area contributed by atoms with Crippen LogP contribution in [-0.2, 0) is 9.84 Å². The van der Waals surface area contributed by atoms with E-state index in [1.165, 1.54) is 41.3 Å². The summed E-state index contributed by atoms with van der Waals surface area (Å²) in [6.45, 7) is -1.18. The van der Waals surface area contributed by atoms with E-state index in [2.05, 4.69) is 4.74 Å². The maximum absolute atomic E-state index is 12.6. The minimum absolute atomic E-state index is 0.0931. The van der Waals surface area contributed by atoms with Crippen molar-refractivity contribution in [2.75, 3.05) is 13.3 Å². The van der Waals surface area contributed by atoms with Crippen molar-refractivity contribution in [2.24, 2.45) is 0 Å². The maximum atomic E-state index is 12.6. The van der Waals surface area contributed by atoms with Gasteiger partial charge >= 0.3 is 6.61 Å². The van der Waals surface area contributed by atoms with E-state index in [0.29, 0.717) is 0 Å². The molecule has 1 atom stereocenters. The van der Waals surface area contributed by atoms with Gasteiger partial charge in [-0.15, -0.1) is 0 Å². The van der Waals surface area contributed by atoms with Gasteiger partial charge in [0.15, 0.2) is 9.84 Å². The minimum atomic E-state index is -3.30. The van der Waals surface area contributed by atoms with Gasteiger partial charge in [0.2, 0.25) is 0 Å². The Balaban J connectivity index is 2.19. The van der Waals surface area contributed by atoms with Crippen LogP contribution in [0, 0.1) is 0 Å². The van der Waals surface area contributed by atoms with Crippen molar-refractivity contribution < 1.29 is 26.7 Å². The van der Waals surface area contributed by atoms with Gasteiger partial charge in [0.05, 0.1) is 10.9 Å².